The van der Waals surface area contributed by atoms with Crippen LogP contribution in [0, 0.1) is 0 Å². The van der Waals surface area contributed by atoms with Crippen LogP contribution in [0.2, 0.25) is 5.15 Å². The molecule has 2 aromatic heterocycles. The lowest BCUT2D eigenvalue weighted by Crippen LogP contribution is -2.47. The number of carbonyl (C=O) groups excluding carboxylic acids is 3. The van der Waals surface area contributed by atoms with Crippen molar-refractivity contribution in [1.82, 2.24) is 24.7 Å². The molecule has 136 valence electrons. The minimum Gasteiger partial charge on any atom is -0.467 e. The third-order valence-corrected chi connectivity index (χ3v) is 4.48. The van der Waals surface area contributed by atoms with Crippen molar-refractivity contribution in [3.8, 4) is 0 Å². The van der Waals surface area contributed by atoms with Crippen molar-refractivity contribution in [2.24, 2.45) is 0 Å². The van der Waals surface area contributed by atoms with E-state index < -0.39 is 23.8 Å². The molecule has 0 aliphatic carbocycles. The average molecular weight is 386 g/mol. The molecular weight excluding hydrogens is 374 g/mol. The largest absolute Gasteiger partial charge is 0.467 e. The summed E-state index contributed by atoms with van der Waals surface area (Å²) >= 11 is 5.91. The third-order valence-electron chi connectivity index (χ3n) is 4.28. The smallest absolute Gasteiger partial charge is 0.329 e. The van der Waals surface area contributed by atoms with Gasteiger partial charge in [-0.2, -0.15) is 9.61 Å². The Kier molecular flexibility index (Phi) is 4.08. The Labute approximate surface area is 157 Å². The molecule has 0 spiro atoms. The molecule has 2 amide bonds. The van der Waals surface area contributed by atoms with Gasteiger partial charge in [-0.15, -0.1) is 10.2 Å². The lowest BCUT2D eigenvalue weighted by atomic mass is 10.1. The summed E-state index contributed by atoms with van der Waals surface area (Å²) in [6.45, 7) is 0. The van der Waals surface area contributed by atoms with Crippen LogP contribution in [0.3, 0.4) is 0 Å². The van der Waals surface area contributed by atoms with E-state index in [2.05, 4.69) is 15.3 Å². The van der Waals surface area contributed by atoms with E-state index in [0.717, 1.165) is 4.90 Å². The number of amides is 2. The Bertz CT molecular complexity index is 1060. The maximum atomic E-state index is 12.7. The SMILES string of the molecule is COC(=O)[C@H](Cc1nnc2ccc(Cl)nn12)N1C(=O)c2ccccc2C1=O. The van der Waals surface area contributed by atoms with Crippen molar-refractivity contribution in [2.75, 3.05) is 7.11 Å². The van der Waals surface area contributed by atoms with Gasteiger partial charge in [-0.05, 0) is 24.3 Å². The summed E-state index contributed by atoms with van der Waals surface area (Å²) in [5, 5.41) is 12.3. The number of aromatic nitrogens is 4. The average Bonchev–Trinajstić information content (AvgIpc) is 3.18. The zero-order valence-corrected chi connectivity index (χ0v) is 14.8. The molecule has 0 radical (unpaired) electrons. The Morgan fingerprint density at radius 1 is 1.11 bits per heavy atom. The van der Waals surface area contributed by atoms with E-state index in [9.17, 15) is 14.4 Å². The number of imide groups is 1. The monoisotopic (exact) mass is 385 g/mol. The van der Waals surface area contributed by atoms with Gasteiger partial charge in [-0.3, -0.25) is 14.5 Å². The summed E-state index contributed by atoms with van der Waals surface area (Å²) in [5.74, 6) is -1.61. The van der Waals surface area contributed by atoms with Gasteiger partial charge in [0.1, 0.15) is 11.2 Å². The second-order valence-corrected chi connectivity index (χ2v) is 6.20. The fraction of sp³-hybridized carbons (Fsp3) is 0.176. The van der Waals surface area contributed by atoms with Crippen molar-refractivity contribution in [3.05, 3.63) is 58.5 Å². The molecule has 3 heterocycles. The lowest BCUT2D eigenvalue weighted by Gasteiger charge is -2.23. The van der Waals surface area contributed by atoms with Crippen LogP contribution >= 0.6 is 11.6 Å². The molecule has 0 fully saturated rings. The van der Waals surface area contributed by atoms with E-state index in [0.29, 0.717) is 5.65 Å². The van der Waals surface area contributed by atoms with Gasteiger partial charge < -0.3 is 4.74 Å². The second-order valence-electron chi connectivity index (χ2n) is 5.81. The van der Waals surface area contributed by atoms with Crippen molar-refractivity contribution in [2.45, 2.75) is 12.5 Å². The van der Waals surface area contributed by atoms with E-state index in [4.69, 9.17) is 16.3 Å². The van der Waals surface area contributed by atoms with Gasteiger partial charge in [0.25, 0.3) is 11.8 Å². The van der Waals surface area contributed by atoms with Crippen molar-refractivity contribution in [1.29, 1.82) is 0 Å². The minimum absolute atomic E-state index is 0.118. The summed E-state index contributed by atoms with van der Waals surface area (Å²) in [6, 6.07) is 8.33. The van der Waals surface area contributed by atoms with Gasteiger partial charge in [0.05, 0.1) is 18.2 Å². The number of hydrogen-bond acceptors (Lipinski definition) is 7. The molecule has 0 saturated carbocycles. The Balaban J connectivity index is 1.75. The molecule has 1 aliphatic rings. The zero-order chi connectivity index (χ0) is 19.1. The first-order valence-electron chi connectivity index (χ1n) is 7.93. The van der Waals surface area contributed by atoms with Crippen LogP contribution < -0.4 is 0 Å². The molecule has 27 heavy (non-hydrogen) atoms. The fourth-order valence-electron chi connectivity index (χ4n) is 3.02. The quantitative estimate of drug-likeness (QED) is 0.490. The number of benzene rings is 1. The predicted octanol–water partition coefficient (Wildman–Crippen LogP) is 1.16. The third kappa shape index (κ3) is 2.72. The molecular formula is C17H12ClN5O4. The second kappa shape index (κ2) is 6.44. The van der Waals surface area contributed by atoms with Crippen molar-refractivity contribution in [3.63, 3.8) is 0 Å². The van der Waals surface area contributed by atoms with Crippen LogP contribution in [0.5, 0.6) is 0 Å². The molecule has 9 nitrogen and oxygen atoms in total. The van der Waals surface area contributed by atoms with Gasteiger partial charge >= 0.3 is 5.97 Å². The molecule has 0 saturated heterocycles. The first-order chi connectivity index (χ1) is 13.0. The summed E-state index contributed by atoms with van der Waals surface area (Å²) in [7, 11) is 1.19. The summed E-state index contributed by atoms with van der Waals surface area (Å²) in [4.78, 5) is 38.8. The van der Waals surface area contributed by atoms with Crippen LogP contribution in [0.15, 0.2) is 36.4 Å². The molecule has 1 aliphatic heterocycles. The van der Waals surface area contributed by atoms with Crippen LogP contribution in [-0.4, -0.2) is 55.6 Å². The number of nitrogens with zero attached hydrogens (tertiary/aromatic N) is 5. The molecule has 1 aromatic carbocycles. The predicted molar refractivity (Wildman–Crippen MR) is 92.2 cm³/mol. The minimum atomic E-state index is -1.21. The van der Waals surface area contributed by atoms with Gasteiger partial charge in [-0.1, -0.05) is 23.7 Å². The number of esters is 1. The number of rotatable bonds is 4. The maximum Gasteiger partial charge on any atom is 0.329 e. The standard InChI is InChI=1S/C17H12ClN5O4/c1-27-17(26)11(8-14-20-19-13-7-6-12(18)21-23(13)14)22-15(24)9-4-2-3-5-10(9)16(22)25/h2-7,11H,8H2,1H3/t11-/m0/s1. The summed E-state index contributed by atoms with van der Waals surface area (Å²) in [6.07, 6.45) is -0.118. The highest BCUT2D eigenvalue weighted by Crippen LogP contribution is 2.26. The molecule has 4 rings (SSSR count). The van der Waals surface area contributed by atoms with Crippen LogP contribution in [-0.2, 0) is 16.0 Å². The maximum absolute atomic E-state index is 12.7. The highest BCUT2D eigenvalue weighted by molar-refractivity contribution is 6.29. The number of carbonyl (C=O) groups is 3. The molecule has 0 N–H and O–H groups in total. The van der Waals surface area contributed by atoms with E-state index in [-0.39, 0.29) is 28.5 Å². The molecule has 0 bridgehead atoms. The van der Waals surface area contributed by atoms with Crippen molar-refractivity contribution < 1.29 is 19.1 Å². The van der Waals surface area contributed by atoms with Crippen LogP contribution in [0.25, 0.3) is 5.65 Å². The lowest BCUT2D eigenvalue weighted by molar-refractivity contribution is -0.145. The zero-order valence-electron chi connectivity index (χ0n) is 14.0. The normalized spacial score (nSPS) is 14.5. The van der Waals surface area contributed by atoms with E-state index in [1.54, 1.807) is 24.3 Å². The number of ether oxygens (including phenoxy) is 1. The van der Waals surface area contributed by atoms with E-state index in [1.165, 1.54) is 23.8 Å². The topological polar surface area (TPSA) is 107 Å². The molecule has 10 heteroatoms. The number of hydrogen-bond donors (Lipinski definition) is 0. The van der Waals surface area contributed by atoms with Crippen LogP contribution in [0.4, 0.5) is 0 Å². The summed E-state index contributed by atoms with van der Waals surface area (Å²) in [5.41, 5.74) is 0.896. The van der Waals surface area contributed by atoms with Gasteiger partial charge in [0.15, 0.2) is 11.5 Å². The fourth-order valence-corrected chi connectivity index (χ4v) is 3.16. The van der Waals surface area contributed by atoms with Gasteiger partial charge in [0, 0.05) is 6.42 Å². The highest BCUT2D eigenvalue weighted by atomic mass is 35.5. The first-order valence-corrected chi connectivity index (χ1v) is 8.30. The van der Waals surface area contributed by atoms with Gasteiger partial charge in [0.2, 0.25) is 0 Å². The molecule has 1 atom stereocenters. The number of halogens is 1. The van der Waals surface area contributed by atoms with Crippen LogP contribution in [0.1, 0.15) is 26.5 Å². The Morgan fingerprint density at radius 3 is 2.41 bits per heavy atom. The molecule has 0 unspecified atom stereocenters. The Morgan fingerprint density at radius 2 is 1.78 bits per heavy atom. The Hall–Kier alpha value is -3.33. The summed E-state index contributed by atoms with van der Waals surface area (Å²) < 4.78 is 6.17. The van der Waals surface area contributed by atoms with E-state index >= 15 is 0 Å². The highest BCUT2D eigenvalue weighted by Gasteiger charge is 2.43. The number of methoxy groups -OCH3 is 1. The van der Waals surface area contributed by atoms with Gasteiger partial charge in [-0.25, -0.2) is 4.79 Å². The first kappa shape index (κ1) is 17.1. The van der Waals surface area contributed by atoms with E-state index in [1.807, 2.05) is 0 Å². The number of fused-ring (bicyclic) bond motifs is 2. The van der Waals surface area contributed by atoms with Crippen molar-refractivity contribution >= 4 is 35.0 Å². The molecule has 3 aromatic rings.